The van der Waals surface area contributed by atoms with E-state index in [1.54, 1.807) is 0 Å². The molecule has 0 amide bonds. The molecule has 8 atom stereocenters. The van der Waals surface area contributed by atoms with Crippen LogP contribution in [0.15, 0.2) is 48.5 Å². The molecule has 0 spiro atoms. The maximum atomic E-state index is 14.7. The van der Waals surface area contributed by atoms with Crippen LogP contribution in [0.4, 0.5) is 20.2 Å². The van der Waals surface area contributed by atoms with Crippen molar-refractivity contribution >= 4 is 35.1 Å². The number of carbonyl (C=O) groups is 2. The lowest BCUT2D eigenvalue weighted by Gasteiger charge is -2.19. The molecule has 0 bridgehead atoms. The van der Waals surface area contributed by atoms with Crippen molar-refractivity contribution in [1.82, 2.24) is 0 Å². The number of rotatable bonds is 9. The predicted molar refractivity (Wildman–Crippen MR) is 142 cm³/mol. The maximum absolute atomic E-state index is 14.7. The highest BCUT2D eigenvalue weighted by Crippen LogP contribution is 2.34. The lowest BCUT2D eigenvalue weighted by atomic mass is 10.1. The summed E-state index contributed by atoms with van der Waals surface area (Å²) in [5.74, 6) is -1.82. The highest BCUT2D eigenvalue weighted by Gasteiger charge is 2.49. The summed E-state index contributed by atoms with van der Waals surface area (Å²) in [6.45, 7) is -0.808. The molecule has 0 radical (unpaired) electrons. The van der Waals surface area contributed by atoms with Gasteiger partial charge >= 0.3 is 11.9 Å². The molecule has 2 unspecified atom stereocenters. The van der Waals surface area contributed by atoms with Gasteiger partial charge in [-0.15, -0.1) is 11.8 Å². The van der Waals surface area contributed by atoms with E-state index >= 15 is 0 Å². The third-order valence-electron chi connectivity index (χ3n) is 6.20. The predicted octanol–water partition coefficient (Wildman–Crippen LogP) is 1.71. The summed E-state index contributed by atoms with van der Waals surface area (Å²) in [5.41, 5.74) is -1.69. The first-order chi connectivity index (χ1) is 20.4. The van der Waals surface area contributed by atoms with Crippen molar-refractivity contribution in [1.29, 1.82) is 0 Å². The second-order valence-electron chi connectivity index (χ2n) is 8.98. The van der Waals surface area contributed by atoms with Crippen LogP contribution in [0.3, 0.4) is 0 Å². The summed E-state index contributed by atoms with van der Waals surface area (Å²) in [6.07, 6.45) is -8.86. The largest absolute Gasteiger partial charge is 0.459 e. The second-order valence-corrected chi connectivity index (χ2v) is 10.3. The molecule has 18 heteroatoms. The Morgan fingerprint density at radius 3 is 1.84 bits per heavy atom. The number of hydrogen-bond donors (Lipinski definition) is 3. The SMILES string of the molecule is COC1O[C@H](COC(=O)c2ccc([N+](=O)[O-])cc2)[C@@H](OC(=O)c2ccc([N+](=O)[O-])cc2)[C@@H]1F.OC[C@H]1SC(O)[C@@H](F)[C@@H]1O. The molecule has 4 rings (SSSR count). The van der Waals surface area contributed by atoms with Gasteiger partial charge in [0.1, 0.15) is 24.3 Å². The van der Waals surface area contributed by atoms with Gasteiger partial charge in [-0.05, 0) is 24.3 Å². The fraction of sp³-hybridized carbons (Fsp3) is 0.440. The van der Waals surface area contributed by atoms with Crippen LogP contribution in [0.25, 0.3) is 0 Å². The van der Waals surface area contributed by atoms with Gasteiger partial charge in [-0.3, -0.25) is 20.2 Å². The number of aliphatic hydroxyl groups excluding tert-OH is 3. The van der Waals surface area contributed by atoms with E-state index in [9.17, 15) is 38.6 Å². The van der Waals surface area contributed by atoms with Crippen LogP contribution in [0.1, 0.15) is 20.7 Å². The van der Waals surface area contributed by atoms with Gasteiger partial charge in [0.25, 0.3) is 11.4 Å². The molecule has 43 heavy (non-hydrogen) atoms. The van der Waals surface area contributed by atoms with Gasteiger partial charge < -0.3 is 34.3 Å². The zero-order valence-corrected chi connectivity index (χ0v) is 23.0. The summed E-state index contributed by atoms with van der Waals surface area (Å²) < 4.78 is 47.7. The number of nitrogens with zero attached hydrogens (tertiary/aromatic N) is 2. The zero-order valence-electron chi connectivity index (χ0n) is 22.1. The maximum Gasteiger partial charge on any atom is 0.338 e. The number of carbonyl (C=O) groups excluding carboxylic acids is 2. The van der Waals surface area contributed by atoms with Crippen LogP contribution < -0.4 is 0 Å². The molecule has 234 valence electrons. The third-order valence-corrected chi connectivity index (χ3v) is 7.52. The molecule has 2 aliphatic rings. The molecule has 0 aliphatic carbocycles. The Hall–Kier alpha value is -3.81. The van der Waals surface area contributed by atoms with E-state index in [4.69, 9.17) is 34.3 Å². The number of alkyl halides is 2. The Labute approximate surface area is 245 Å². The first kappa shape index (κ1) is 33.7. The summed E-state index contributed by atoms with van der Waals surface area (Å²) in [4.78, 5) is 44.8. The van der Waals surface area contributed by atoms with E-state index in [1.807, 2.05) is 0 Å². The Bertz CT molecular complexity index is 1290. The van der Waals surface area contributed by atoms with E-state index in [2.05, 4.69) is 0 Å². The van der Waals surface area contributed by atoms with E-state index in [0.717, 1.165) is 48.2 Å². The average Bonchev–Trinajstić information content (AvgIpc) is 3.44. The minimum atomic E-state index is -1.90. The van der Waals surface area contributed by atoms with Gasteiger partial charge in [-0.1, -0.05) is 0 Å². The molecule has 2 aliphatic heterocycles. The van der Waals surface area contributed by atoms with Crippen molar-refractivity contribution in [3.63, 3.8) is 0 Å². The second kappa shape index (κ2) is 15.1. The first-order valence-corrected chi connectivity index (χ1v) is 13.3. The summed E-state index contributed by atoms with van der Waals surface area (Å²) >= 11 is 0.862. The molecule has 2 heterocycles. The van der Waals surface area contributed by atoms with Crippen LogP contribution in [0, 0.1) is 20.2 Å². The highest BCUT2D eigenvalue weighted by atomic mass is 32.2. The molecule has 2 aromatic rings. The molecular formula is C25H26F2N2O13S. The number of nitro benzene ring substituents is 2. The molecule has 2 saturated heterocycles. The standard InChI is InChI=1S/C20H17FN2O10.C5H9FO3S/c1-30-20-16(21)17(33-19(25)12-4-8-14(9-5-12)23(28)29)15(32-20)10-31-18(24)11-2-6-13(7-3-11)22(26)27;6-3-4(8)2(1-7)10-5(3)9/h2-9,15-17,20H,10H2,1H3;2-5,7-9H,1H2/t15-,16+,17-,20?;2-,3+,4-,5?/m11/s1. The van der Waals surface area contributed by atoms with E-state index in [-0.39, 0.29) is 29.1 Å². The number of methoxy groups -OCH3 is 1. The molecule has 0 saturated carbocycles. The first-order valence-electron chi connectivity index (χ1n) is 12.3. The zero-order chi connectivity index (χ0) is 31.8. The van der Waals surface area contributed by atoms with Crippen molar-refractivity contribution in [2.75, 3.05) is 20.3 Å². The quantitative estimate of drug-likeness (QED) is 0.204. The molecule has 2 aromatic carbocycles. The Kier molecular flexibility index (Phi) is 11.8. The van der Waals surface area contributed by atoms with Gasteiger partial charge in [-0.25, -0.2) is 18.4 Å². The molecular weight excluding hydrogens is 606 g/mol. The fourth-order valence-electron chi connectivity index (χ4n) is 3.88. The highest BCUT2D eigenvalue weighted by molar-refractivity contribution is 8.00. The fourth-order valence-corrected chi connectivity index (χ4v) is 4.94. The number of esters is 2. The van der Waals surface area contributed by atoms with Gasteiger partial charge in [0, 0.05) is 31.4 Å². The summed E-state index contributed by atoms with van der Waals surface area (Å²) in [6, 6.07) is 9.12. The van der Waals surface area contributed by atoms with Crippen molar-refractivity contribution in [3.8, 4) is 0 Å². The summed E-state index contributed by atoms with van der Waals surface area (Å²) in [7, 11) is 1.18. The number of aliphatic hydroxyl groups is 3. The van der Waals surface area contributed by atoms with E-state index in [0.29, 0.717) is 0 Å². The molecule has 2 fully saturated rings. The topological polar surface area (TPSA) is 218 Å². The van der Waals surface area contributed by atoms with Gasteiger partial charge in [-0.2, -0.15) is 0 Å². The van der Waals surface area contributed by atoms with Gasteiger partial charge in [0.2, 0.25) is 0 Å². The number of nitro groups is 2. The third kappa shape index (κ3) is 8.39. The number of ether oxygens (including phenoxy) is 4. The molecule has 15 nitrogen and oxygen atoms in total. The lowest BCUT2D eigenvalue weighted by Crippen LogP contribution is -2.37. The van der Waals surface area contributed by atoms with Crippen molar-refractivity contribution in [2.45, 2.75) is 47.6 Å². The number of benzene rings is 2. The number of hydrogen-bond acceptors (Lipinski definition) is 14. The number of halogens is 2. The Balaban J connectivity index is 0.000000428. The average molecular weight is 633 g/mol. The number of thioether (sulfide) groups is 1. The van der Waals surface area contributed by atoms with Crippen LogP contribution in [0.5, 0.6) is 0 Å². The van der Waals surface area contributed by atoms with E-state index < -0.39 is 76.0 Å². The number of non-ortho nitro benzene ring substituents is 2. The Morgan fingerprint density at radius 2 is 1.44 bits per heavy atom. The van der Waals surface area contributed by atoms with Crippen LogP contribution in [-0.4, -0.2) is 105 Å². The lowest BCUT2D eigenvalue weighted by molar-refractivity contribution is -0.385. The summed E-state index contributed by atoms with van der Waals surface area (Å²) in [5, 5.41) is 47.1. The normalized spacial score (nSPS) is 28.0. The minimum Gasteiger partial charge on any atom is -0.459 e. The van der Waals surface area contributed by atoms with Crippen molar-refractivity contribution < 1.29 is 62.5 Å². The minimum absolute atomic E-state index is 0.0121. The molecule has 3 N–H and O–H groups in total. The smallest absolute Gasteiger partial charge is 0.338 e. The monoisotopic (exact) mass is 632 g/mol. The van der Waals surface area contributed by atoms with Gasteiger partial charge in [0.15, 0.2) is 24.7 Å². The Morgan fingerprint density at radius 1 is 0.930 bits per heavy atom. The van der Waals surface area contributed by atoms with Crippen molar-refractivity contribution in [2.24, 2.45) is 0 Å². The molecule has 0 aromatic heterocycles. The van der Waals surface area contributed by atoms with Gasteiger partial charge in [0.05, 0.1) is 32.8 Å². The van der Waals surface area contributed by atoms with Crippen LogP contribution >= 0.6 is 11.8 Å². The van der Waals surface area contributed by atoms with E-state index in [1.165, 1.54) is 19.2 Å². The van der Waals surface area contributed by atoms with Crippen LogP contribution in [0.2, 0.25) is 0 Å². The van der Waals surface area contributed by atoms with Crippen LogP contribution in [-0.2, 0) is 18.9 Å². The van der Waals surface area contributed by atoms with Crippen molar-refractivity contribution in [3.05, 3.63) is 79.9 Å².